The summed E-state index contributed by atoms with van der Waals surface area (Å²) in [4.78, 5) is 0. The summed E-state index contributed by atoms with van der Waals surface area (Å²) in [6.45, 7) is 10.1. The molecule has 2 rings (SSSR count). The third kappa shape index (κ3) is 5.64. The second-order valence-electron chi connectivity index (χ2n) is 5.88. The highest BCUT2D eigenvalue weighted by atomic mass is 127. The molecule has 21 heavy (non-hydrogen) atoms. The van der Waals surface area contributed by atoms with E-state index in [1.54, 1.807) is 12.1 Å². The van der Waals surface area contributed by atoms with Gasteiger partial charge in [-0.3, -0.25) is 0 Å². The van der Waals surface area contributed by atoms with Crippen molar-refractivity contribution in [3.05, 3.63) is 23.8 Å². The zero-order valence-corrected chi connectivity index (χ0v) is 19.3. The largest absolute Gasteiger partial charge is 0.508 e. The molecule has 1 fully saturated rings. The number of halogens is 3. The summed E-state index contributed by atoms with van der Waals surface area (Å²) in [6.07, 6.45) is 0. The van der Waals surface area contributed by atoms with E-state index in [0.29, 0.717) is 0 Å². The molecular formula is C14H20BI3O3. The summed E-state index contributed by atoms with van der Waals surface area (Å²) in [5, 5.41) is 9.40. The first-order valence-electron chi connectivity index (χ1n) is 6.53. The van der Waals surface area contributed by atoms with Crippen molar-refractivity contribution in [3.8, 4) is 5.75 Å². The van der Waals surface area contributed by atoms with Crippen LogP contribution in [0.25, 0.3) is 0 Å². The van der Waals surface area contributed by atoms with Gasteiger partial charge in [-0.1, -0.05) is 73.8 Å². The van der Waals surface area contributed by atoms with Crippen LogP contribution >= 0.6 is 67.8 Å². The van der Waals surface area contributed by atoms with Crippen LogP contribution < -0.4 is 5.46 Å². The topological polar surface area (TPSA) is 38.7 Å². The summed E-state index contributed by atoms with van der Waals surface area (Å²) in [7, 11) is -0.361. The third-order valence-corrected chi connectivity index (χ3v) is 3.76. The number of rotatable bonds is 1. The van der Waals surface area contributed by atoms with Crippen LogP contribution in [0.5, 0.6) is 5.75 Å². The molecule has 0 unspecified atom stereocenters. The molecule has 0 radical (unpaired) electrons. The van der Waals surface area contributed by atoms with Crippen LogP contribution in [0.1, 0.15) is 33.3 Å². The van der Waals surface area contributed by atoms with E-state index in [4.69, 9.17) is 9.31 Å². The molecule has 7 heteroatoms. The van der Waals surface area contributed by atoms with Gasteiger partial charge in [-0.15, -0.1) is 0 Å². The summed E-state index contributed by atoms with van der Waals surface area (Å²) in [6, 6.07) is 5.24. The van der Waals surface area contributed by atoms with Crippen molar-refractivity contribution in [2.24, 2.45) is 0 Å². The molecule has 0 aromatic heterocycles. The summed E-state index contributed by atoms with van der Waals surface area (Å²) in [5.41, 5.74) is 1.29. The normalized spacial score (nSPS) is 19.4. The van der Waals surface area contributed by atoms with Crippen molar-refractivity contribution in [1.82, 2.24) is 0 Å². The maximum atomic E-state index is 9.40. The Bertz CT molecular complexity index is 474. The summed E-state index contributed by atoms with van der Waals surface area (Å²) >= 11 is 6.95. The van der Waals surface area contributed by atoms with Crippen molar-refractivity contribution in [2.75, 3.05) is 0 Å². The number of hydrogen-bond acceptors (Lipinski definition) is 3. The number of aromatic hydroxyl groups is 1. The molecule has 1 aliphatic rings. The Morgan fingerprint density at radius 1 is 1.05 bits per heavy atom. The molecule has 1 aliphatic heterocycles. The molecule has 0 saturated carbocycles. The fraction of sp³-hybridized carbons (Fsp3) is 0.571. The molecular weight excluding hydrogens is 608 g/mol. The van der Waals surface area contributed by atoms with Crippen LogP contribution in [0.4, 0.5) is 0 Å². The summed E-state index contributed by atoms with van der Waals surface area (Å²) in [5.74, 6) is 0.266. The minimum atomic E-state index is -0.361. The molecule has 3 nitrogen and oxygen atoms in total. The Kier molecular flexibility index (Phi) is 7.56. The standard InChI is InChI=1S/C13H19BO3.CHI3/c1-9-8-10(15)6-7-11(9)14-16-12(2,3)13(4,5)17-14;2-1(3)4/h6-8,15H,1-5H3;1H. The highest BCUT2D eigenvalue weighted by molar-refractivity contribution is 14.3. The molecule has 0 bridgehead atoms. The first kappa shape index (κ1) is 20.2. The van der Waals surface area contributed by atoms with Crippen LogP contribution in [0.15, 0.2) is 18.2 Å². The van der Waals surface area contributed by atoms with Crippen molar-refractivity contribution in [3.63, 3.8) is 0 Å². The number of phenols is 1. The van der Waals surface area contributed by atoms with Crippen molar-refractivity contribution in [1.29, 1.82) is 0 Å². The Morgan fingerprint density at radius 3 is 1.86 bits per heavy atom. The molecule has 0 aliphatic carbocycles. The second kappa shape index (κ2) is 7.84. The van der Waals surface area contributed by atoms with E-state index in [0.717, 1.165) is 11.0 Å². The van der Waals surface area contributed by atoms with Crippen molar-refractivity contribution < 1.29 is 14.4 Å². The van der Waals surface area contributed by atoms with Gasteiger partial charge < -0.3 is 14.4 Å². The van der Waals surface area contributed by atoms with Gasteiger partial charge in [0.2, 0.25) is 0 Å². The van der Waals surface area contributed by atoms with Gasteiger partial charge in [0.25, 0.3) is 0 Å². The minimum absolute atomic E-state index is 0.266. The molecule has 1 heterocycles. The SMILES string of the molecule is Cc1cc(O)ccc1B1OC(C)(C)C(C)(C)O1.IC(I)I. The van der Waals surface area contributed by atoms with Gasteiger partial charge >= 0.3 is 7.12 Å². The fourth-order valence-corrected chi connectivity index (χ4v) is 1.89. The zero-order valence-electron chi connectivity index (χ0n) is 12.8. The van der Waals surface area contributed by atoms with E-state index in [-0.39, 0.29) is 24.1 Å². The smallest absolute Gasteiger partial charge is 0.495 e. The van der Waals surface area contributed by atoms with Crippen LogP contribution in [0.3, 0.4) is 0 Å². The van der Waals surface area contributed by atoms with E-state index >= 15 is 0 Å². The highest BCUT2D eigenvalue weighted by Gasteiger charge is 2.51. The van der Waals surface area contributed by atoms with Crippen molar-refractivity contribution >= 4 is 80.4 Å². The van der Waals surface area contributed by atoms with Gasteiger partial charge in [-0.05, 0) is 57.8 Å². The van der Waals surface area contributed by atoms with Gasteiger partial charge in [0.05, 0.1) is 11.2 Å². The maximum Gasteiger partial charge on any atom is 0.495 e. The van der Waals surface area contributed by atoms with Gasteiger partial charge in [-0.2, -0.15) is 0 Å². The van der Waals surface area contributed by atoms with Crippen LogP contribution in [0, 0.1) is 6.92 Å². The van der Waals surface area contributed by atoms with Gasteiger partial charge in [0.15, 0.2) is 0 Å². The number of hydrogen-bond donors (Lipinski definition) is 1. The first-order valence-corrected chi connectivity index (χ1v) is 10.3. The Morgan fingerprint density at radius 2 is 1.48 bits per heavy atom. The van der Waals surface area contributed by atoms with E-state index in [2.05, 4.69) is 67.8 Å². The van der Waals surface area contributed by atoms with E-state index in [9.17, 15) is 5.11 Å². The van der Waals surface area contributed by atoms with E-state index in [1.165, 1.54) is 0 Å². The highest BCUT2D eigenvalue weighted by Crippen LogP contribution is 2.36. The number of benzene rings is 1. The minimum Gasteiger partial charge on any atom is -0.508 e. The average Bonchev–Trinajstić information content (AvgIpc) is 2.46. The first-order chi connectivity index (χ1) is 9.46. The zero-order chi connectivity index (χ0) is 16.4. The van der Waals surface area contributed by atoms with Gasteiger partial charge in [0.1, 0.15) is 5.69 Å². The number of alkyl halides is 3. The fourth-order valence-electron chi connectivity index (χ4n) is 1.89. The Labute approximate surface area is 168 Å². The Balaban J connectivity index is 0.000000491. The molecule has 1 saturated heterocycles. The average molecular weight is 628 g/mol. The predicted octanol–water partition coefficient (Wildman–Crippen LogP) is 4.57. The van der Waals surface area contributed by atoms with Gasteiger partial charge in [0, 0.05) is 0 Å². The van der Waals surface area contributed by atoms with E-state index in [1.807, 2.05) is 40.7 Å². The predicted molar refractivity (Wildman–Crippen MR) is 114 cm³/mol. The number of aryl methyl sites for hydroxylation is 1. The van der Waals surface area contributed by atoms with E-state index < -0.39 is 0 Å². The quantitative estimate of drug-likeness (QED) is 0.282. The third-order valence-electron chi connectivity index (χ3n) is 3.76. The van der Waals surface area contributed by atoms with Crippen LogP contribution in [0.2, 0.25) is 0 Å². The molecule has 118 valence electrons. The van der Waals surface area contributed by atoms with Gasteiger partial charge in [-0.25, -0.2) is 0 Å². The number of phenolic OH excluding ortho intramolecular Hbond substituents is 1. The second-order valence-corrected chi connectivity index (χ2v) is 16.8. The molecule has 1 N–H and O–H groups in total. The lowest BCUT2D eigenvalue weighted by Gasteiger charge is -2.32. The monoisotopic (exact) mass is 628 g/mol. The Hall–Kier alpha value is 1.19. The van der Waals surface area contributed by atoms with Crippen LogP contribution in [-0.2, 0) is 9.31 Å². The lowest BCUT2D eigenvalue weighted by Crippen LogP contribution is -2.41. The molecule has 0 atom stereocenters. The molecule has 1 aromatic carbocycles. The van der Waals surface area contributed by atoms with Crippen LogP contribution in [-0.4, -0.2) is 23.4 Å². The molecule has 0 amide bonds. The molecule has 0 spiro atoms. The lowest BCUT2D eigenvalue weighted by molar-refractivity contribution is 0.00578. The maximum absolute atomic E-state index is 9.40. The van der Waals surface area contributed by atoms with Crippen molar-refractivity contribution in [2.45, 2.75) is 45.8 Å². The molecule has 1 aromatic rings. The summed E-state index contributed by atoms with van der Waals surface area (Å²) < 4.78 is 12.7. The lowest BCUT2D eigenvalue weighted by atomic mass is 9.76.